The molecule has 1 unspecified atom stereocenters. The molecule has 0 spiro atoms. The summed E-state index contributed by atoms with van der Waals surface area (Å²) in [5, 5.41) is 20.3. The molecule has 0 radical (unpaired) electrons. The molecule has 0 aromatic heterocycles. The fourth-order valence-corrected chi connectivity index (χ4v) is 1.71. The summed E-state index contributed by atoms with van der Waals surface area (Å²) in [6.45, 7) is 5.79. The number of hydrogen-bond donors (Lipinski definition) is 2. The molecule has 13 heavy (non-hydrogen) atoms. The Labute approximate surface area is 80.7 Å². The van der Waals surface area contributed by atoms with Crippen molar-refractivity contribution in [3.05, 3.63) is 0 Å². The topological polar surface area (TPSA) is 49.7 Å². The van der Waals surface area contributed by atoms with E-state index in [1.807, 2.05) is 20.8 Å². The average Bonchev–Trinajstić information content (AvgIpc) is 2.16. The van der Waals surface area contributed by atoms with Gasteiger partial charge in [-0.25, -0.2) is 0 Å². The van der Waals surface area contributed by atoms with Gasteiger partial charge in [-0.05, 0) is 19.3 Å². The molecule has 0 saturated carbocycles. The third-order valence-electron chi connectivity index (χ3n) is 3.00. The smallest absolute Gasteiger partial charge is 0.116 e. The molecule has 2 N–H and O–H groups in total. The Morgan fingerprint density at radius 3 is 1.54 bits per heavy atom. The Bertz CT molecular complexity index is 143. The summed E-state index contributed by atoms with van der Waals surface area (Å²) in [4.78, 5) is 0. The molecule has 0 heterocycles. The summed E-state index contributed by atoms with van der Waals surface area (Å²) in [6.07, 6.45) is 1.58. The van der Waals surface area contributed by atoms with Gasteiger partial charge < -0.3 is 14.9 Å². The van der Waals surface area contributed by atoms with E-state index in [9.17, 15) is 10.2 Å². The summed E-state index contributed by atoms with van der Waals surface area (Å²) in [6, 6.07) is 0. The highest BCUT2D eigenvalue weighted by atomic mass is 16.5. The average molecular weight is 190 g/mol. The van der Waals surface area contributed by atoms with E-state index in [0.717, 1.165) is 0 Å². The minimum Gasteiger partial charge on any atom is -0.387 e. The summed E-state index contributed by atoms with van der Waals surface area (Å²) in [7, 11) is 1.53. The monoisotopic (exact) mass is 190 g/mol. The molecule has 0 rings (SSSR count). The van der Waals surface area contributed by atoms with Gasteiger partial charge in [-0.1, -0.05) is 20.8 Å². The van der Waals surface area contributed by atoms with Crippen molar-refractivity contribution in [3.63, 3.8) is 0 Å². The largest absolute Gasteiger partial charge is 0.387 e. The lowest BCUT2D eigenvalue weighted by atomic mass is 9.77. The number of rotatable bonds is 6. The molecule has 80 valence electrons. The zero-order chi connectivity index (χ0) is 10.5. The van der Waals surface area contributed by atoms with Gasteiger partial charge >= 0.3 is 0 Å². The van der Waals surface area contributed by atoms with Crippen LogP contribution in [0.4, 0.5) is 0 Å². The first-order valence-corrected chi connectivity index (χ1v) is 4.93. The van der Waals surface area contributed by atoms with Crippen molar-refractivity contribution in [2.45, 2.75) is 51.2 Å². The van der Waals surface area contributed by atoms with Crippen molar-refractivity contribution < 1.29 is 14.9 Å². The van der Waals surface area contributed by atoms with E-state index < -0.39 is 11.2 Å². The molecule has 3 heteroatoms. The molecular formula is C10H22O3. The van der Waals surface area contributed by atoms with Crippen LogP contribution in [0.2, 0.25) is 0 Å². The summed E-state index contributed by atoms with van der Waals surface area (Å²) in [5.74, 6) is 0. The van der Waals surface area contributed by atoms with Gasteiger partial charge in [0.2, 0.25) is 0 Å². The van der Waals surface area contributed by atoms with E-state index in [0.29, 0.717) is 19.3 Å². The minimum absolute atomic E-state index is 0.182. The first-order valence-electron chi connectivity index (χ1n) is 4.93. The summed E-state index contributed by atoms with van der Waals surface area (Å²) in [5.41, 5.74) is -2.15. The third-order valence-corrected chi connectivity index (χ3v) is 3.00. The predicted molar refractivity (Wildman–Crippen MR) is 52.6 cm³/mol. The van der Waals surface area contributed by atoms with Gasteiger partial charge in [0.25, 0.3) is 0 Å². The summed E-state index contributed by atoms with van der Waals surface area (Å²) < 4.78 is 4.94. The van der Waals surface area contributed by atoms with Crippen LogP contribution < -0.4 is 0 Å². The normalized spacial score (nSPS) is 17.1. The maximum atomic E-state index is 10.2. The van der Waals surface area contributed by atoms with Crippen molar-refractivity contribution in [1.82, 2.24) is 0 Å². The lowest BCUT2D eigenvalue weighted by molar-refractivity contribution is -0.181. The number of hydrogen-bond acceptors (Lipinski definition) is 3. The second-order valence-corrected chi connectivity index (χ2v) is 3.56. The van der Waals surface area contributed by atoms with Crippen LogP contribution in [0, 0.1) is 0 Å². The Hall–Kier alpha value is -0.120. The highest BCUT2D eigenvalue weighted by Gasteiger charge is 2.45. The molecule has 0 amide bonds. The van der Waals surface area contributed by atoms with E-state index in [1.165, 1.54) is 7.11 Å². The molecule has 0 aliphatic carbocycles. The lowest BCUT2D eigenvalue weighted by Gasteiger charge is -2.41. The first kappa shape index (κ1) is 12.9. The number of ether oxygens (including phenoxy) is 1. The molecule has 0 aromatic carbocycles. The Morgan fingerprint density at radius 1 is 0.923 bits per heavy atom. The zero-order valence-electron chi connectivity index (χ0n) is 9.13. The molecular weight excluding hydrogens is 168 g/mol. The number of methoxy groups -OCH3 is 1. The van der Waals surface area contributed by atoms with Gasteiger partial charge in [-0.2, -0.15) is 0 Å². The van der Waals surface area contributed by atoms with E-state index in [4.69, 9.17) is 4.74 Å². The van der Waals surface area contributed by atoms with Gasteiger partial charge in [0.15, 0.2) is 0 Å². The SMILES string of the molecule is CCC(O)(CC)C(O)(CC)COC. The van der Waals surface area contributed by atoms with Crippen molar-refractivity contribution in [2.75, 3.05) is 13.7 Å². The second-order valence-electron chi connectivity index (χ2n) is 3.56. The molecule has 1 atom stereocenters. The van der Waals surface area contributed by atoms with Gasteiger partial charge in [-0.15, -0.1) is 0 Å². The minimum atomic E-state index is -1.12. The lowest BCUT2D eigenvalue weighted by Crippen LogP contribution is -2.56. The predicted octanol–water partition coefficient (Wildman–Crippen LogP) is 1.32. The fraction of sp³-hybridized carbons (Fsp3) is 1.00. The van der Waals surface area contributed by atoms with Crippen LogP contribution >= 0.6 is 0 Å². The van der Waals surface area contributed by atoms with Crippen LogP contribution in [-0.4, -0.2) is 35.1 Å². The maximum absolute atomic E-state index is 10.2. The van der Waals surface area contributed by atoms with E-state index in [2.05, 4.69) is 0 Å². The van der Waals surface area contributed by atoms with E-state index in [-0.39, 0.29) is 6.61 Å². The zero-order valence-corrected chi connectivity index (χ0v) is 9.13. The van der Waals surface area contributed by atoms with Gasteiger partial charge in [0, 0.05) is 7.11 Å². The highest BCUT2D eigenvalue weighted by Crippen LogP contribution is 2.32. The van der Waals surface area contributed by atoms with E-state index in [1.54, 1.807) is 0 Å². The van der Waals surface area contributed by atoms with Crippen molar-refractivity contribution in [1.29, 1.82) is 0 Å². The highest BCUT2D eigenvalue weighted by molar-refractivity contribution is 4.97. The van der Waals surface area contributed by atoms with Gasteiger partial charge in [-0.3, -0.25) is 0 Å². The maximum Gasteiger partial charge on any atom is 0.116 e. The van der Waals surface area contributed by atoms with Crippen LogP contribution in [0.3, 0.4) is 0 Å². The molecule has 0 fully saturated rings. The van der Waals surface area contributed by atoms with Gasteiger partial charge in [0.05, 0.1) is 12.2 Å². The quantitative estimate of drug-likeness (QED) is 0.664. The van der Waals surface area contributed by atoms with Crippen LogP contribution in [0.15, 0.2) is 0 Å². The molecule has 0 aliphatic heterocycles. The first-order chi connectivity index (χ1) is 5.99. The molecule has 0 aliphatic rings. The second kappa shape index (κ2) is 4.94. The Morgan fingerprint density at radius 2 is 1.31 bits per heavy atom. The standard InChI is InChI=1S/C10H22O3/c1-5-9(11,6-2)10(12,7-3)8-13-4/h11-12H,5-8H2,1-4H3. The van der Waals surface area contributed by atoms with Crippen LogP contribution in [0.25, 0.3) is 0 Å². The third kappa shape index (κ3) is 2.42. The number of aliphatic hydroxyl groups is 2. The van der Waals surface area contributed by atoms with Crippen molar-refractivity contribution in [2.24, 2.45) is 0 Å². The van der Waals surface area contributed by atoms with Crippen molar-refractivity contribution in [3.8, 4) is 0 Å². The Balaban J connectivity index is 4.68. The fourth-order valence-electron chi connectivity index (χ4n) is 1.71. The van der Waals surface area contributed by atoms with Crippen molar-refractivity contribution >= 4 is 0 Å². The molecule has 0 bridgehead atoms. The van der Waals surface area contributed by atoms with Crippen LogP contribution in [0.1, 0.15) is 40.0 Å². The van der Waals surface area contributed by atoms with Crippen LogP contribution in [-0.2, 0) is 4.74 Å². The molecule has 3 nitrogen and oxygen atoms in total. The van der Waals surface area contributed by atoms with E-state index >= 15 is 0 Å². The van der Waals surface area contributed by atoms with Crippen LogP contribution in [0.5, 0.6) is 0 Å². The van der Waals surface area contributed by atoms with Gasteiger partial charge in [0.1, 0.15) is 5.60 Å². The molecule has 0 aromatic rings. The Kier molecular flexibility index (Phi) is 4.89. The molecule has 0 saturated heterocycles. The summed E-state index contributed by atoms with van der Waals surface area (Å²) >= 11 is 0.